The predicted molar refractivity (Wildman–Crippen MR) is 140 cm³/mol. The number of fused-ring (bicyclic) bond motifs is 1. The largest absolute Gasteiger partial charge is 0.496 e. The average molecular weight is 490 g/mol. The summed E-state index contributed by atoms with van der Waals surface area (Å²) in [6.07, 6.45) is 1.08. The monoisotopic (exact) mass is 489 g/mol. The molecule has 0 saturated heterocycles. The molecule has 8 heteroatoms. The first-order valence-corrected chi connectivity index (χ1v) is 12.9. The van der Waals surface area contributed by atoms with Gasteiger partial charge in [-0.2, -0.15) is 0 Å². The molecule has 0 spiro atoms. The Hall–Kier alpha value is -3.88. The van der Waals surface area contributed by atoms with E-state index in [-0.39, 0.29) is 5.91 Å². The average Bonchev–Trinajstić information content (AvgIpc) is 2.83. The Labute approximate surface area is 205 Å². The molecule has 180 valence electrons. The molecule has 35 heavy (non-hydrogen) atoms. The maximum Gasteiger partial charge on any atom is 0.255 e. The highest BCUT2D eigenvalue weighted by Gasteiger charge is 2.12. The van der Waals surface area contributed by atoms with Crippen molar-refractivity contribution in [1.82, 2.24) is 5.32 Å². The van der Waals surface area contributed by atoms with E-state index in [1.54, 1.807) is 31.4 Å². The highest BCUT2D eigenvalue weighted by Crippen LogP contribution is 2.28. The predicted octanol–water partition coefficient (Wildman–Crippen LogP) is 4.76. The molecule has 0 aliphatic heterocycles. The molecule has 0 aliphatic rings. The lowest BCUT2D eigenvalue weighted by atomic mass is 10.0. The summed E-state index contributed by atoms with van der Waals surface area (Å²) in [5, 5.41) is 8.37. The van der Waals surface area contributed by atoms with E-state index in [0.29, 0.717) is 30.0 Å². The van der Waals surface area contributed by atoms with E-state index in [9.17, 15) is 13.2 Å². The molecule has 0 fully saturated rings. The molecule has 0 heterocycles. The van der Waals surface area contributed by atoms with E-state index in [0.717, 1.165) is 33.9 Å². The molecule has 0 aliphatic carbocycles. The zero-order chi connectivity index (χ0) is 24.8. The Morgan fingerprint density at radius 3 is 2.26 bits per heavy atom. The standard InChI is InChI=1S/C27H27N3O4S/c1-34-26-13-12-20(24-10-6-7-11-25(24)26)18-28-17-19-14-21(16-23(15-19)30-35(2,32)33)27(31)29-22-8-4-3-5-9-22/h3-16,28,30H,17-18H2,1-2H3,(H,29,31). The Balaban J connectivity index is 1.55. The Bertz CT molecular complexity index is 1450. The molecule has 7 nitrogen and oxygen atoms in total. The van der Waals surface area contributed by atoms with Gasteiger partial charge in [0.2, 0.25) is 10.0 Å². The fraction of sp³-hybridized carbons (Fsp3) is 0.148. The number of amides is 1. The number of sulfonamides is 1. The number of ether oxygens (including phenoxy) is 1. The number of methoxy groups -OCH3 is 1. The molecule has 4 rings (SSSR count). The highest BCUT2D eigenvalue weighted by molar-refractivity contribution is 7.92. The lowest BCUT2D eigenvalue weighted by Gasteiger charge is -2.13. The van der Waals surface area contributed by atoms with Gasteiger partial charge in [-0.05, 0) is 52.9 Å². The van der Waals surface area contributed by atoms with Gasteiger partial charge >= 0.3 is 0 Å². The van der Waals surface area contributed by atoms with Crippen LogP contribution in [0.25, 0.3) is 10.8 Å². The van der Waals surface area contributed by atoms with Crippen molar-refractivity contribution in [2.45, 2.75) is 13.1 Å². The van der Waals surface area contributed by atoms with Gasteiger partial charge in [-0.1, -0.05) is 48.5 Å². The van der Waals surface area contributed by atoms with Crippen LogP contribution in [0.1, 0.15) is 21.5 Å². The first-order chi connectivity index (χ1) is 16.8. The minimum atomic E-state index is -3.50. The summed E-state index contributed by atoms with van der Waals surface area (Å²) < 4.78 is 31.6. The molecule has 0 aromatic heterocycles. The van der Waals surface area contributed by atoms with Crippen LogP contribution >= 0.6 is 0 Å². The van der Waals surface area contributed by atoms with Crippen molar-refractivity contribution >= 4 is 38.1 Å². The molecule has 0 bridgehead atoms. The van der Waals surface area contributed by atoms with Crippen LogP contribution in [-0.4, -0.2) is 27.7 Å². The number of carbonyl (C=O) groups excluding carboxylic acids is 1. The summed E-state index contributed by atoms with van der Waals surface area (Å²) in [5.41, 5.74) is 3.22. The van der Waals surface area contributed by atoms with E-state index >= 15 is 0 Å². The van der Waals surface area contributed by atoms with E-state index in [2.05, 4.69) is 21.4 Å². The number of carbonyl (C=O) groups is 1. The van der Waals surface area contributed by atoms with Crippen LogP contribution in [-0.2, 0) is 23.1 Å². The second-order valence-corrected chi connectivity index (χ2v) is 9.94. The smallest absolute Gasteiger partial charge is 0.255 e. The molecular weight excluding hydrogens is 462 g/mol. The van der Waals surface area contributed by atoms with Crippen LogP contribution in [0.2, 0.25) is 0 Å². The number of anilines is 2. The maximum absolute atomic E-state index is 12.9. The Kier molecular flexibility index (Phi) is 7.33. The Morgan fingerprint density at radius 1 is 0.829 bits per heavy atom. The van der Waals surface area contributed by atoms with Gasteiger partial charge in [0.1, 0.15) is 5.75 Å². The summed E-state index contributed by atoms with van der Waals surface area (Å²) in [4.78, 5) is 12.9. The van der Waals surface area contributed by atoms with Crippen molar-refractivity contribution in [3.8, 4) is 5.75 Å². The fourth-order valence-electron chi connectivity index (χ4n) is 3.93. The van der Waals surface area contributed by atoms with E-state index in [1.165, 1.54) is 6.07 Å². The number of nitrogens with one attached hydrogen (secondary N) is 3. The molecule has 0 unspecified atom stereocenters. The lowest BCUT2D eigenvalue weighted by molar-refractivity contribution is 0.102. The summed E-state index contributed by atoms with van der Waals surface area (Å²) in [7, 11) is -1.85. The molecule has 3 N–H and O–H groups in total. The van der Waals surface area contributed by atoms with Gasteiger partial charge in [0.15, 0.2) is 0 Å². The van der Waals surface area contributed by atoms with Crippen molar-refractivity contribution in [3.63, 3.8) is 0 Å². The van der Waals surface area contributed by atoms with Crippen molar-refractivity contribution in [3.05, 3.63) is 102 Å². The van der Waals surface area contributed by atoms with Crippen LogP contribution in [0.3, 0.4) is 0 Å². The summed E-state index contributed by atoms with van der Waals surface area (Å²) in [5.74, 6) is 0.494. The normalized spacial score (nSPS) is 11.3. The number of benzene rings is 4. The van der Waals surface area contributed by atoms with Gasteiger partial charge in [0.05, 0.1) is 13.4 Å². The van der Waals surface area contributed by atoms with Gasteiger partial charge in [-0.3, -0.25) is 9.52 Å². The van der Waals surface area contributed by atoms with Crippen molar-refractivity contribution in [1.29, 1.82) is 0 Å². The second-order valence-electron chi connectivity index (χ2n) is 8.19. The van der Waals surface area contributed by atoms with Crippen LogP contribution in [0, 0.1) is 0 Å². The van der Waals surface area contributed by atoms with Gasteiger partial charge in [-0.15, -0.1) is 0 Å². The third kappa shape index (κ3) is 6.38. The van der Waals surface area contributed by atoms with Crippen LogP contribution in [0.15, 0.2) is 84.9 Å². The summed E-state index contributed by atoms with van der Waals surface area (Å²) >= 11 is 0. The van der Waals surface area contributed by atoms with Gasteiger partial charge in [0, 0.05) is 35.4 Å². The van der Waals surface area contributed by atoms with E-state index < -0.39 is 10.0 Å². The van der Waals surface area contributed by atoms with E-state index in [4.69, 9.17) is 4.74 Å². The zero-order valence-electron chi connectivity index (χ0n) is 19.5. The van der Waals surface area contributed by atoms with E-state index in [1.807, 2.05) is 48.5 Å². The number of para-hydroxylation sites is 1. The SMILES string of the molecule is COc1ccc(CNCc2cc(NS(C)(=O)=O)cc(C(=O)Nc3ccccc3)c2)c2ccccc12. The highest BCUT2D eigenvalue weighted by atomic mass is 32.2. The van der Waals surface area contributed by atoms with Gasteiger partial charge in [-0.25, -0.2) is 8.42 Å². The topological polar surface area (TPSA) is 96.5 Å². The third-order valence-corrected chi connectivity index (χ3v) is 6.04. The zero-order valence-corrected chi connectivity index (χ0v) is 20.4. The number of rotatable bonds is 9. The molecule has 1 amide bonds. The minimum Gasteiger partial charge on any atom is -0.496 e. The molecular formula is C27H27N3O4S. The quantitative estimate of drug-likeness (QED) is 0.315. The summed E-state index contributed by atoms with van der Waals surface area (Å²) in [6, 6.07) is 26.1. The number of hydrogen-bond donors (Lipinski definition) is 3. The molecule has 0 radical (unpaired) electrons. The van der Waals surface area contributed by atoms with Crippen LogP contribution in [0.4, 0.5) is 11.4 Å². The minimum absolute atomic E-state index is 0.323. The first-order valence-electron chi connectivity index (χ1n) is 11.1. The molecule has 0 atom stereocenters. The number of hydrogen-bond acceptors (Lipinski definition) is 5. The van der Waals surface area contributed by atoms with Gasteiger partial charge in [0.25, 0.3) is 5.91 Å². The molecule has 4 aromatic rings. The third-order valence-electron chi connectivity index (χ3n) is 5.43. The summed E-state index contributed by atoms with van der Waals surface area (Å²) in [6.45, 7) is 1.02. The Morgan fingerprint density at radius 2 is 1.54 bits per heavy atom. The molecule has 4 aromatic carbocycles. The lowest BCUT2D eigenvalue weighted by Crippen LogP contribution is -2.17. The van der Waals surface area contributed by atoms with Gasteiger partial charge < -0.3 is 15.4 Å². The second kappa shape index (κ2) is 10.6. The van der Waals surface area contributed by atoms with Crippen LogP contribution in [0.5, 0.6) is 5.75 Å². The van der Waals surface area contributed by atoms with Crippen LogP contribution < -0.4 is 20.1 Å². The first kappa shape index (κ1) is 24.3. The van der Waals surface area contributed by atoms with Crippen molar-refractivity contribution in [2.24, 2.45) is 0 Å². The van der Waals surface area contributed by atoms with Crippen molar-refractivity contribution < 1.29 is 17.9 Å². The fourth-order valence-corrected chi connectivity index (χ4v) is 4.48. The maximum atomic E-state index is 12.9. The van der Waals surface area contributed by atoms with Crippen molar-refractivity contribution in [2.75, 3.05) is 23.4 Å². The molecule has 0 saturated carbocycles.